The maximum Gasteiger partial charge on any atom is 0.332 e. The zero-order valence-electron chi connectivity index (χ0n) is 12.5. The SMILES string of the molecule is Cc1cc(C)cc(N=Cc2c(N)n(C)c(=O)n(C)c2=O)c1. The Hall–Kier alpha value is -2.63. The summed E-state index contributed by atoms with van der Waals surface area (Å²) in [5, 5.41) is 0. The molecule has 2 rings (SSSR count). The van der Waals surface area contributed by atoms with Crippen LogP contribution in [0, 0.1) is 13.8 Å². The van der Waals surface area contributed by atoms with Crippen molar-refractivity contribution >= 4 is 17.7 Å². The maximum atomic E-state index is 12.1. The normalized spacial score (nSPS) is 11.2. The fourth-order valence-electron chi connectivity index (χ4n) is 2.17. The molecule has 6 nitrogen and oxygen atoms in total. The molecule has 2 aromatic rings. The fourth-order valence-corrected chi connectivity index (χ4v) is 2.17. The summed E-state index contributed by atoms with van der Waals surface area (Å²) in [5.41, 5.74) is 8.04. The molecule has 0 amide bonds. The van der Waals surface area contributed by atoms with E-state index in [2.05, 4.69) is 4.99 Å². The van der Waals surface area contributed by atoms with Crippen molar-refractivity contribution in [1.29, 1.82) is 0 Å². The lowest BCUT2D eigenvalue weighted by Gasteiger charge is -2.08. The molecular formula is C15H18N4O2. The topological polar surface area (TPSA) is 82.4 Å². The van der Waals surface area contributed by atoms with Gasteiger partial charge in [-0.15, -0.1) is 0 Å². The van der Waals surface area contributed by atoms with Crippen LogP contribution < -0.4 is 17.0 Å². The zero-order chi connectivity index (χ0) is 15.7. The molecule has 110 valence electrons. The Morgan fingerprint density at radius 3 is 2.19 bits per heavy atom. The van der Waals surface area contributed by atoms with Crippen LogP contribution in [-0.4, -0.2) is 15.3 Å². The van der Waals surface area contributed by atoms with E-state index in [1.807, 2.05) is 32.0 Å². The highest BCUT2D eigenvalue weighted by molar-refractivity contribution is 5.86. The number of aromatic nitrogens is 2. The fraction of sp³-hybridized carbons (Fsp3) is 0.267. The predicted molar refractivity (Wildman–Crippen MR) is 84.5 cm³/mol. The van der Waals surface area contributed by atoms with Crippen molar-refractivity contribution in [3.8, 4) is 0 Å². The molecule has 0 aliphatic rings. The summed E-state index contributed by atoms with van der Waals surface area (Å²) < 4.78 is 2.24. The summed E-state index contributed by atoms with van der Waals surface area (Å²) in [5.74, 6) is 0.108. The molecule has 2 N–H and O–H groups in total. The van der Waals surface area contributed by atoms with Crippen molar-refractivity contribution in [2.75, 3.05) is 5.73 Å². The third-order valence-corrected chi connectivity index (χ3v) is 3.30. The number of benzene rings is 1. The minimum absolute atomic E-state index is 0.108. The van der Waals surface area contributed by atoms with Gasteiger partial charge >= 0.3 is 5.69 Å². The number of nitrogen functional groups attached to an aromatic ring is 1. The molecule has 0 fully saturated rings. The Bertz CT molecular complexity index is 824. The molecule has 21 heavy (non-hydrogen) atoms. The van der Waals surface area contributed by atoms with E-state index in [0.717, 1.165) is 21.4 Å². The van der Waals surface area contributed by atoms with E-state index in [4.69, 9.17) is 5.73 Å². The van der Waals surface area contributed by atoms with E-state index in [0.29, 0.717) is 0 Å². The summed E-state index contributed by atoms with van der Waals surface area (Å²) in [6.07, 6.45) is 1.41. The van der Waals surface area contributed by atoms with E-state index in [9.17, 15) is 9.59 Å². The van der Waals surface area contributed by atoms with Gasteiger partial charge in [-0.2, -0.15) is 0 Å². The summed E-state index contributed by atoms with van der Waals surface area (Å²) in [7, 11) is 2.93. The van der Waals surface area contributed by atoms with Crippen molar-refractivity contribution in [2.45, 2.75) is 13.8 Å². The highest BCUT2D eigenvalue weighted by Crippen LogP contribution is 2.17. The van der Waals surface area contributed by atoms with Gasteiger partial charge in [0.25, 0.3) is 5.56 Å². The van der Waals surface area contributed by atoms with Crippen LogP contribution in [0.1, 0.15) is 16.7 Å². The predicted octanol–water partition coefficient (Wildman–Crippen LogP) is 1.03. The number of rotatable bonds is 2. The molecule has 1 heterocycles. The Labute approximate surface area is 122 Å². The second kappa shape index (κ2) is 5.40. The van der Waals surface area contributed by atoms with Crippen molar-refractivity contribution in [3.63, 3.8) is 0 Å². The second-order valence-electron chi connectivity index (χ2n) is 5.11. The Kier molecular flexibility index (Phi) is 3.80. The lowest BCUT2D eigenvalue weighted by molar-refractivity contribution is 0.692. The molecule has 0 saturated carbocycles. The summed E-state index contributed by atoms with van der Waals surface area (Å²) in [6, 6.07) is 5.86. The Morgan fingerprint density at radius 2 is 1.62 bits per heavy atom. The highest BCUT2D eigenvalue weighted by atomic mass is 16.2. The first-order valence-corrected chi connectivity index (χ1v) is 6.49. The van der Waals surface area contributed by atoms with Gasteiger partial charge in [0.2, 0.25) is 0 Å². The van der Waals surface area contributed by atoms with Crippen molar-refractivity contribution in [2.24, 2.45) is 19.1 Å². The van der Waals surface area contributed by atoms with E-state index in [-0.39, 0.29) is 11.4 Å². The summed E-state index contributed by atoms with van der Waals surface area (Å²) >= 11 is 0. The molecule has 0 aliphatic carbocycles. The van der Waals surface area contributed by atoms with Gasteiger partial charge in [-0.1, -0.05) is 6.07 Å². The number of nitrogens with two attached hydrogens (primary N) is 1. The molecule has 0 saturated heterocycles. The lowest BCUT2D eigenvalue weighted by atomic mass is 10.1. The number of hydrogen-bond donors (Lipinski definition) is 1. The minimum atomic E-state index is -0.457. The monoisotopic (exact) mass is 286 g/mol. The number of anilines is 1. The first-order valence-electron chi connectivity index (χ1n) is 6.49. The molecule has 0 radical (unpaired) electrons. The first-order chi connectivity index (χ1) is 9.81. The molecule has 0 aliphatic heterocycles. The van der Waals surface area contributed by atoms with Gasteiger partial charge < -0.3 is 5.73 Å². The summed E-state index contributed by atoms with van der Waals surface area (Å²) in [4.78, 5) is 28.1. The van der Waals surface area contributed by atoms with E-state index in [1.165, 1.54) is 24.9 Å². The molecule has 0 unspecified atom stereocenters. The van der Waals surface area contributed by atoms with Crippen LogP contribution >= 0.6 is 0 Å². The van der Waals surface area contributed by atoms with E-state index < -0.39 is 11.2 Å². The van der Waals surface area contributed by atoms with Crippen molar-refractivity contribution in [3.05, 3.63) is 55.7 Å². The zero-order valence-corrected chi connectivity index (χ0v) is 12.5. The quantitative estimate of drug-likeness (QED) is 0.837. The van der Waals surface area contributed by atoms with Gasteiger partial charge in [-0.3, -0.25) is 18.9 Å². The first kappa shape index (κ1) is 14.8. The number of aliphatic imine (C=N–C) groups is 1. The van der Waals surface area contributed by atoms with Crippen LogP contribution in [0.25, 0.3) is 0 Å². The third kappa shape index (κ3) is 2.79. The average Bonchev–Trinajstić information content (AvgIpc) is 2.42. The molecule has 6 heteroatoms. The Morgan fingerprint density at radius 1 is 1.05 bits per heavy atom. The number of hydrogen-bond acceptors (Lipinski definition) is 4. The van der Waals surface area contributed by atoms with Crippen LogP contribution in [0.4, 0.5) is 11.5 Å². The van der Waals surface area contributed by atoms with Gasteiger partial charge in [0, 0.05) is 20.3 Å². The van der Waals surface area contributed by atoms with Gasteiger partial charge in [-0.25, -0.2) is 4.79 Å². The van der Waals surface area contributed by atoms with Crippen LogP contribution in [-0.2, 0) is 14.1 Å². The lowest BCUT2D eigenvalue weighted by Crippen LogP contribution is -2.40. The molecule has 1 aromatic carbocycles. The smallest absolute Gasteiger partial charge is 0.332 e. The Balaban J connectivity index is 2.56. The second-order valence-corrected chi connectivity index (χ2v) is 5.11. The highest BCUT2D eigenvalue weighted by Gasteiger charge is 2.11. The standard InChI is InChI=1S/C15H18N4O2/c1-9-5-10(2)7-11(6-9)17-8-12-13(16)18(3)15(21)19(4)14(12)20/h5-8H,16H2,1-4H3. The third-order valence-electron chi connectivity index (χ3n) is 3.30. The van der Waals surface area contributed by atoms with E-state index >= 15 is 0 Å². The molecule has 0 bridgehead atoms. The molecular weight excluding hydrogens is 268 g/mol. The van der Waals surface area contributed by atoms with Crippen LogP contribution in [0.2, 0.25) is 0 Å². The molecule has 0 atom stereocenters. The number of aryl methyl sites for hydroxylation is 2. The number of nitrogens with zero attached hydrogens (tertiary/aromatic N) is 3. The maximum absolute atomic E-state index is 12.1. The minimum Gasteiger partial charge on any atom is -0.384 e. The van der Waals surface area contributed by atoms with Gasteiger partial charge in [-0.05, 0) is 37.1 Å². The van der Waals surface area contributed by atoms with Crippen molar-refractivity contribution < 1.29 is 0 Å². The molecule has 0 spiro atoms. The summed E-state index contributed by atoms with van der Waals surface area (Å²) in [6.45, 7) is 3.96. The van der Waals surface area contributed by atoms with Crippen LogP contribution in [0.5, 0.6) is 0 Å². The van der Waals surface area contributed by atoms with Gasteiger partial charge in [0.1, 0.15) is 5.82 Å². The largest absolute Gasteiger partial charge is 0.384 e. The van der Waals surface area contributed by atoms with Gasteiger partial charge in [0.05, 0.1) is 11.3 Å². The van der Waals surface area contributed by atoms with Gasteiger partial charge in [0.15, 0.2) is 0 Å². The van der Waals surface area contributed by atoms with Crippen LogP contribution in [0.15, 0.2) is 32.8 Å². The molecule has 1 aromatic heterocycles. The average molecular weight is 286 g/mol. The van der Waals surface area contributed by atoms with Crippen molar-refractivity contribution in [1.82, 2.24) is 9.13 Å². The van der Waals surface area contributed by atoms with E-state index in [1.54, 1.807) is 0 Å². The van der Waals surface area contributed by atoms with Crippen LogP contribution in [0.3, 0.4) is 0 Å².